The van der Waals surface area contributed by atoms with E-state index in [2.05, 4.69) is 10.3 Å². The smallest absolute Gasteiger partial charge is 0.237 e. The van der Waals surface area contributed by atoms with E-state index in [0.29, 0.717) is 0 Å². The summed E-state index contributed by atoms with van der Waals surface area (Å²) in [5.74, 6) is 0.0726. The first kappa shape index (κ1) is 13.6. The van der Waals surface area contributed by atoms with Crippen molar-refractivity contribution in [3.8, 4) is 0 Å². The molecule has 1 amide bonds. The van der Waals surface area contributed by atoms with Gasteiger partial charge in [0.15, 0.2) is 0 Å². The van der Waals surface area contributed by atoms with Crippen molar-refractivity contribution in [2.75, 3.05) is 0 Å². The molecular weight excluding hydrogens is 214 g/mol. The highest BCUT2D eigenvalue weighted by Gasteiger charge is 2.21. The predicted molar refractivity (Wildman–Crippen MR) is 68.2 cm³/mol. The third-order valence-corrected chi connectivity index (χ3v) is 3.05. The zero-order valence-electron chi connectivity index (χ0n) is 10.7. The van der Waals surface area contributed by atoms with Gasteiger partial charge >= 0.3 is 0 Å². The van der Waals surface area contributed by atoms with Crippen LogP contribution < -0.4 is 11.1 Å². The van der Waals surface area contributed by atoms with Crippen LogP contribution in [-0.4, -0.2) is 16.9 Å². The summed E-state index contributed by atoms with van der Waals surface area (Å²) in [6.45, 7) is 5.92. The van der Waals surface area contributed by atoms with Crippen LogP contribution in [0.1, 0.15) is 38.9 Å². The van der Waals surface area contributed by atoms with Crippen LogP contribution in [0.3, 0.4) is 0 Å². The largest absolute Gasteiger partial charge is 0.347 e. The fourth-order valence-corrected chi connectivity index (χ4v) is 1.53. The molecule has 1 heterocycles. The monoisotopic (exact) mass is 235 g/mol. The zero-order valence-corrected chi connectivity index (χ0v) is 10.7. The third kappa shape index (κ3) is 3.82. The molecule has 0 radical (unpaired) electrons. The maximum atomic E-state index is 11.9. The summed E-state index contributed by atoms with van der Waals surface area (Å²) in [7, 11) is 0. The molecule has 4 heteroatoms. The predicted octanol–water partition coefficient (Wildman–Crippen LogP) is 1.63. The second-order valence-electron chi connectivity index (χ2n) is 4.40. The summed E-state index contributed by atoms with van der Waals surface area (Å²) in [5, 5.41) is 2.88. The van der Waals surface area contributed by atoms with Crippen LogP contribution >= 0.6 is 0 Å². The minimum absolute atomic E-state index is 0.112. The molecule has 0 saturated carbocycles. The summed E-state index contributed by atoms with van der Waals surface area (Å²) in [5.41, 5.74) is 6.71. The first-order valence-corrected chi connectivity index (χ1v) is 6.03. The highest BCUT2D eigenvalue weighted by atomic mass is 16.2. The molecule has 1 unspecified atom stereocenters. The maximum Gasteiger partial charge on any atom is 0.237 e. The molecule has 1 aromatic heterocycles. The standard InChI is InChI=1S/C13H21N3O/c1-4-9(2)12(14)13(17)16-10(3)11-7-5-6-8-15-11/h5-10,12H,4,14H2,1-3H3,(H,16,17)/t9?,10-,12-/m0/s1. The average Bonchev–Trinajstić information content (AvgIpc) is 2.37. The normalized spacial score (nSPS) is 16.0. The number of aromatic nitrogens is 1. The Hall–Kier alpha value is -1.42. The molecule has 3 N–H and O–H groups in total. The van der Waals surface area contributed by atoms with E-state index in [1.807, 2.05) is 39.0 Å². The van der Waals surface area contributed by atoms with Gasteiger partial charge in [0.1, 0.15) is 0 Å². The van der Waals surface area contributed by atoms with Crippen molar-refractivity contribution in [2.24, 2.45) is 11.7 Å². The van der Waals surface area contributed by atoms with Gasteiger partial charge in [0.25, 0.3) is 0 Å². The minimum Gasteiger partial charge on any atom is -0.347 e. The van der Waals surface area contributed by atoms with Gasteiger partial charge in [-0.25, -0.2) is 0 Å². The van der Waals surface area contributed by atoms with Gasteiger partial charge in [0, 0.05) is 6.20 Å². The minimum atomic E-state index is -0.453. The lowest BCUT2D eigenvalue weighted by molar-refractivity contribution is -0.124. The summed E-state index contributed by atoms with van der Waals surface area (Å²) in [6.07, 6.45) is 2.61. The molecule has 0 spiro atoms. The van der Waals surface area contributed by atoms with Gasteiger partial charge in [-0.05, 0) is 25.0 Å². The molecule has 0 aliphatic carbocycles. The molecule has 0 fully saturated rings. The second-order valence-corrected chi connectivity index (χ2v) is 4.40. The topological polar surface area (TPSA) is 68.0 Å². The first-order valence-electron chi connectivity index (χ1n) is 6.03. The van der Waals surface area contributed by atoms with E-state index >= 15 is 0 Å². The highest BCUT2D eigenvalue weighted by Crippen LogP contribution is 2.10. The Morgan fingerprint density at radius 2 is 2.18 bits per heavy atom. The summed E-state index contributed by atoms with van der Waals surface area (Å²) < 4.78 is 0. The number of nitrogens with zero attached hydrogens (tertiary/aromatic N) is 1. The molecule has 0 saturated heterocycles. The van der Waals surface area contributed by atoms with Crippen LogP contribution in [0.25, 0.3) is 0 Å². The molecule has 1 aromatic rings. The van der Waals surface area contributed by atoms with Crippen molar-refractivity contribution in [3.05, 3.63) is 30.1 Å². The maximum absolute atomic E-state index is 11.9. The van der Waals surface area contributed by atoms with Crippen LogP contribution in [0.4, 0.5) is 0 Å². The van der Waals surface area contributed by atoms with Crippen LogP contribution in [0.5, 0.6) is 0 Å². The van der Waals surface area contributed by atoms with Crippen molar-refractivity contribution < 1.29 is 4.79 Å². The molecule has 17 heavy (non-hydrogen) atoms. The van der Waals surface area contributed by atoms with E-state index in [-0.39, 0.29) is 17.9 Å². The lowest BCUT2D eigenvalue weighted by Crippen LogP contribution is -2.45. The molecular formula is C13H21N3O. The molecule has 4 nitrogen and oxygen atoms in total. The quantitative estimate of drug-likeness (QED) is 0.815. The van der Waals surface area contributed by atoms with E-state index in [0.717, 1.165) is 12.1 Å². The number of pyridine rings is 1. The Labute approximate surface area is 103 Å². The Bertz CT molecular complexity index is 353. The fraction of sp³-hybridized carbons (Fsp3) is 0.538. The van der Waals surface area contributed by atoms with Crippen molar-refractivity contribution >= 4 is 5.91 Å². The Morgan fingerprint density at radius 3 is 2.71 bits per heavy atom. The molecule has 3 atom stereocenters. The molecule has 0 aromatic carbocycles. The molecule has 0 aliphatic rings. The van der Waals surface area contributed by atoms with Crippen molar-refractivity contribution in [2.45, 2.75) is 39.3 Å². The van der Waals surface area contributed by atoms with Crippen molar-refractivity contribution in [1.29, 1.82) is 0 Å². The number of carbonyl (C=O) groups is 1. The number of amides is 1. The Morgan fingerprint density at radius 1 is 1.47 bits per heavy atom. The third-order valence-electron chi connectivity index (χ3n) is 3.05. The Kier molecular flexibility index (Phi) is 5.10. The molecule has 0 bridgehead atoms. The lowest BCUT2D eigenvalue weighted by atomic mass is 9.99. The SMILES string of the molecule is CCC(C)[C@H](N)C(=O)N[C@@H](C)c1ccccn1. The molecule has 1 rings (SSSR count). The summed E-state index contributed by atoms with van der Waals surface area (Å²) in [4.78, 5) is 16.1. The number of hydrogen-bond acceptors (Lipinski definition) is 3. The number of nitrogens with two attached hydrogens (primary N) is 1. The second kappa shape index (κ2) is 6.35. The van der Waals surface area contributed by atoms with Gasteiger partial charge in [-0.3, -0.25) is 9.78 Å². The van der Waals surface area contributed by atoms with Crippen LogP contribution in [0.15, 0.2) is 24.4 Å². The zero-order chi connectivity index (χ0) is 12.8. The van der Waals surface area contributed by atoms with Crippen LogP contribution in [-0.2, 0) is 4.79 Å². The number of hydrogen-bond donors (Lipinski definition) is 2. The van der Waals surface area contributed by atoms with E-state index < -0.39 is 6.04 Å². The average molecular weight is 235 g/mol. The summed E-state index contributed by atoms with van der Waals surface area (Å²) in [6, 6.07) is 5.08. The van der Waals surface area contributed by atoms with Crippen LogP contribution in [0, 0.1) is 5.92 Å². The highest BCUT2D eigenvalue weighted by molar-refractivity contribution is 5.82. The lowest BCUT2D eigenvalue weighted by Gasteiger charge is -2.20. The molecule has 0 aliphatic heterocycles. The van der Waals surface area contributed by atoms with Gasteiger partial charge in [-0.15, -0.1) is 0 Å². The van der Waals surface area contributed by atoms with Gasteiger partial charge in [-0.1, -0.05) is 26.3 Å². The van der Waals surface area contributed by atoms with Crippen molar-refractivity contribution in [3.63, 3.8) is 0 Å². The Balaban J connectivity index is 2.57. The van der Waals surface area contributed by atoms with E-state index in [1.54, 1.807) is 6.20 Å². The number of nitrogens with one attached hydrogen (secondary N) is 1. The number of rotatable bonds is 5. The molecule has 94 valence electrons. The van der Waals surface area contributed by atoms with E-state index in [1.165, 1.54) is 0 Å². The summed E-state index contributed by atoms with van der Waals surface area (Å²) >= 11 is 0. The van der Waals surface area contributed by atoms with Gasteiger partial charge in [-0.2, -0.15) is 0 Å². The van der Waals surface area contributed by atoms with Crippen LogP contribution in [0.2, 0.25) is 0 Å². The van der Waals surface area contributed by atoms with Gasteiger partial charge in [0.05, 0.1) is 17.8 Å². The van der Waals surface area contributed by atoms with Gasteiger partial charge in [0.2, 0.25) is 5.91 Å². The number of carbonyl (C=O) groups excluding carboxylic acids is 1. The first-order chi connectivity index (χ1) is 8.06. The van der Waals surface area contributed by atoms with E-state index in [4.69, 9.17) is 5.73 Å². The van der Waals surface area contributed by atoms with Crippen molar-refractivity contribution in [1.82, 2.24) is 10.3 Å². The van der Waals surface area contributed by atoms with Gasteiger partial charge < -0.3 is 11.1 Å². The van der Waals surface area contributed by atoms with E-state index in [9.17, 15) is 4.79 Å². The fourth-order valence-electron chi connectivity index (χ4n) is 1.53.